The van der Waals surface area contributed by atoms with Crippen molar-refractivity contribution < 1.29 is 9.00 Å². The third kappa shape index (κ3) is 4.01. The maximum Gasteiger partial charge on any atom is 0.253 e. The van der Waals surface area contributed by atoms with E-state index in [-0.39, 0.29) is 5.91 Å². The first-order valence-electron chi connectivity index (χ1n) is 9.53. The number of piperazine rings is 1. The molecule has 0 saturated carbocycles. The van der Waals surface area contributed by atoms with Crippen LogP contribution in [0.15, 0.2) is 71.6 Å². The van der Waals surface area contributed by atoms with Crippen molar-refractivity contribution in [3.8, 4) is 0 Å². The molecule has 4 nitrogen and oxygen atoms in total. The van der Waals surface area contributed by atoms with Crippen LogP contribution in [0.2, 0.25) is 0 Å². The zero-order valence-electron chi connectivity index (χ0n) is 16.0. The van der Waals surface area contributed by atoms with E-state index in [1.165, 1.54) is 16.3 Å². The summed E-state index contributed by atoms with van der Waals surface area (Å²) < 4.78 is 11.5. The molecule has 1 aliphatic heterocycles. The fourth-order valence-electron chi connectivity index (χ4n) is 3.75. The van der Waals surface area contributed by atoms with Crippen molar-refractivity contribution in [1.82, 2.24) is 9.80 Å². The van der Waals surface area contributed by atoms with Crippen molar-refractivity contribution >= 4 is 27.5 Å². The number of benzene rings is 3. The molecule has 28 heavy (non-hydrogen) atoms. The van der Waals surface area contributed by atoms with Gasteiger partial charge in [0.05, 0.1) is 0 Å². The summed E-state index contributed by atoms with van der Waals surface area (Å²) in [7, 11) is -1.02. The van der Waals surface area contributed by atoms with E-state index in [1.807, 2.05) is 4.90 Å². The molecular formula is C23H24N2O2S. The van der Waals surface area contributed by atoms with Gasteiger partial charge < -0.3 is 4.90 Å². The lowest BCUT2D eigenvalue weighted by Gasteiger charge is -2.35. The van der Waals surface area contributed by atoms with Gasteiger partial charge in [0.2, 0.25) is 0 Å². The molecule has 1 heterocycles. The van der Waals surface area contributed by atoms with E-state index in [2.05, 4.69) is 47.4 Å². The number of carbonyl (C=O) groups excluding carboxylic acids is 1. The zero-order valence-corrected chi connectivity index (χ0v) is 16.8. The molecule has 4 rings (SSSR count). The van der Waals surface area contributed by atoms with E-state index in [9.17, 15) is 9.00 Å². The normalized spacial score (nSPS) is 16.2. The van der Waals surface area contributed by atoms with Crippen molar-refractivity contribution in [2.45, 2.75) is 11.4 Å². The van der Waals surface area contributed by atoms with Crippen molar-refractivity contribution in [2.75, 3.05) is 32.4 Å². The smallest absolute Gasteiger partial charge is 0.253 e. The van der Waals surface area contributed by atoms with Crippen LogP contribution in [0.3, 0.4) is 0 Å². The number of amides is 1. The van der Waals surface area contributed by atoms with Crippen LogP contribution >= 0.6 is 0 Å². The Morgan fingerprint density at radius 1 is 0.893 bits per heavy atom. The Morgan fingerprint density at radius 2 is 1.57 bits per heavy atom. The van der Waals surface area contributed by atoms with Crippen LogP contribution in [-0.4, -0.2) is 52.4 Å². The lowest BCUT2D eigenvalue weighted by Crippen LogP contribution is -2.48. The largest absolute Gasteiger partial charge is 0.336 e. The number of hydrogen-bond acceptors (Lipinski definition) is 3. The van der Waals surface area contributed by atoms with Gasteiger partial charge in [0, 0.05) is 60.2 Å². The van der Waals surface area contributed by atoms with Crippen LogP contribution in [-0.2, 0) is 17.3 Å². The summed E-state index contributed by atoms with van der Waals surface area (Å²) in [6, 6.07) is 22.1. The fourth-order valence-corrected chi connectivity index (χ4v) is 4.27. The lowest BCUT2D eigenvalue weighted by molar-refractivity contribution is 0.0629. The van der Waals surface area contributed by atoms with Gasteiger partial charge in [-0.15, -0.1) is 0 Å². The highest BCUT2D eigenvalue weighted by molar-refractivity contribution is 7.84. The Balaban J connectivity index is 1.39. The van der Waals surface area contributed by atoms with Crippen molar-refractivity contribution in [3.05, 3.63) is 77.9 Å². The Bertz CT molecular complexity index is 1000. The molecule has 1 unspecified atom stereocenters. The first-order valence-corrected chi connectivity index (χ1v) is 11.1. The molecule has 1 atom stereocenters. The molecule has 1 fully saturated rings. The molecule has 0 N–H and O–H groups in total. The van der Waals surface area contributed by atoms with Crippen LogP contribution < -0.4 is 0 Å². The van der Waals surface area contributed by atoms with Gasteiger partial charge in [-0.3, -0.25) is 13.9 Å². The molecule has 0 radical (unpaired) electrons. The van der Waals surface area contributed by atoms with E-state index in [1.54, 1.807) is 30.5 Å². The summed E-state index contributed by atoms with van der Waals surface area (Å²) in [5, 5.41) is 2.57. The summed E-state index contributed by atoms with van der Waals surface area (Å²) in [6.07, 6.45) is 1.64. The van der Waals surface area contributed by atoms with Crippen molar-refractivity contribution in [2.24, 2.45) is 0 Å². The third-order valence-corrected chi connectivity index (χ3v) is 6.30. The Kier molecular flexibility index (Phi) is 5.55. The van der Waals surface area contributed by atoms with Crippen LogP contribution in [0.4, 0.5) is 0 Å². The second-order valence-electron chi connectivity index (χ2n) is 7.19. The minimum atomic E-state index is -1.02. The molecule has 1 amide bonds. The Morgan fingerprint density at radius 3 is 2.29 bits per heavy atom. The van der Waals surface area contributed by atoms with E-state index in [4.69, 9.17) is 0 Å². The van der Waals surface area contributed by atoms with E-state index >= 15 is 0 Å². The van der Waals surface area contributed by atoms with Gasteiger partial charge in [-0.25, -0.2) is 0 Å². The molecule has 0 aromatic heterocycles. The van der Waals surface area contributed by atoms with Crippen LogP contribution in [0.25, 0.3) is 10.8 Å². The van der Waals surface area contributed by atoms with Gasteiger partial charge in [-0.1, -0.05) is 42.5 Å². The summed E-state index contributed by atoms with van der Waals surface area (Å²) in [5.41, 5.74) is 2.00. The van der Waals surface area contributed by atoms with Crippen molar-refractivity contribution in [1.29, 1.82) is 0 Å². The highest BCUT2D eigenvalue weighted by Crippen LogP contribution is 2.21. The van der Waals surface area contributed by atoms with Gasteiger partial charge in [-0.05, 0) is 40.6 Å². The molecule has 3 aromatic rings. The monoisotopic (exact) mass is 392 g/mol. The maximum atomic E-state index is 12.8. The number of hydrogen-bond donors (Lipinski definition) is 0. The van der Waals surface area contributed by atoms with E-state index in [0.29, 0.717) is 5.56 Å². The van der Waals surface area contributed by atoms with Crippen LogP contribution in [0.1, 0.15) is 15.9 Å². The Hall–Kier alpha value is -2.50. The number of fused-ring (bicyclic) bond motifs is 1. The summed E-state index contributed by atoms with van der Waals surface area (Å²) in [6.45, 7) is 4.09. The Labute approximate surface area is 168 Å². The minimum Gasteiger partial charge on any atom is -0.336 e. The lowest BCUT2D eigenvalue weighted by atomic mass is 10.0. The molecular weight excluding hydrogens is 368 g/mol. The molecule has 144 valence electrons. The quantitative estimate of drug-likeness (QED) is 0.682. The van der Waals surface area contributed by atoms with Gasteiger partial charge in [0.25, 0.3) is 5.91 Å². The minimum absolute atomic E-state index is 0.0539. The molecule has 0 bridgehead atoms. The molecule has 0 aliphatic carbocycles. The zero-order chi connectivity index (χ0) is 19.5. The topological polar surface area (TPSA) is 40.6 Å². The molecule has 3 aromatic carbocycles. The molecule has 1 aliphatic rings. The van der Waals surface area contributed by atoms with Crippen molar-refractivity contribution in [3.63, 3.8) is 0 Å². The van der Waals surface area contributed by atoms with Gasteiger partial charge in [0.1, 0.15) is 0 Å². The first-order chi connectivity index (χ1) is 13.6. The summed E-state index contributed by atoms with van der Waals surface area (Å²) in [5.74, 6) is 0.0539. The van der Waals surface area contributed by atoms with E-state index < -0.39 is 10.8 Å². The number of rotatable bonds is 4. The third-order valence-electron chi connectivity index (χ3n) is 5.37. The first kappa shape index (κ1) is 18.8. The van der Waals surface area contributed by atoms with Gasteiger partial charge >= 0.3 is 0 Å². The predicted molar refractivity (Wildman–Crippen MR) is 114 cm³/mol. The highest BCUT2D eigenvalue weighted by Gasteiger charge is 2.22. The number of carbonyl (C=O) groups is 1. The van der Waals surface area contributed by atoms with Crippen LogP contribution in [0, 0.1) is 0 Å². The molecule has 1 saturated heterocycles. The highest BCUT2D eigenvalue weighted by atomic mass is 32.2. The van der Waals surface area contributed by atoms with Gasteiger partial charge in [0.15, 0.2) is 0 Å². The SMILES string of the molecule is CS(=O)c1ccc(C(=O)N2CCN(Cc3cccc4ccccc34)CC2)cc1. The second kappa shape index (κ2) is 8.25. The summed E-state index contributed by atoms with van der Waals surface area (Å²) in [4.78, 5) is 17.8. The average Bonchev–Trinajstić information content (AvgIpc) is 2.74. The number of nitrogens with zero attached hydrogens (tertiary/aromatic N) is 2. The average molecular weight is 393 g/mol. The fraction of sp³-hybridized carbons (Fsp3) is 0.261. The van der Waals surface area contributed by atoms with Gasteiger partial charge in [-0.2, -0.15) is 0 Å². The second-order valence-corrected chi connectivity index (χ2v) is 8.56. The van der Waals surface area contributed by atoms with E-state index in [0.717, 1.165) is 37.6 Å². The van der Waals surface area contributed by atoms with Crippen LogP contribution in [0.5, 0.6) is 0 Å². The summed E-state index contributed by atoms with van der Waals surface area (Å²) >= 11 is 0. The standard InChI is InChI=1S/C23H24N2O2S/c1-28(27)21-11-9-19(10-12-21)23(26)25-15-13-24(14-16-25)17-20-7-4-6-18-5-2-3-8-22(18)20/h2-12H,13-17H2,1H3. The maximum absolute atomic E-state index is 12.8. The molecule has 5 heteroatoms. The molecule has 0 spiro atoms. The predicted octanol–water partition coefficient (Wildman–Crippen LogP) is 3.54.